The number of methoxy groups -OCH3 is 1. The molecule has 0 aliphatic rings. The monoisotopic (exact) mass is 196 g/mol. The molecule has 0 aromatic heterocycles. The number of ether oxygens (including phenoxy) is 1. The van der Waals surface area contributed by atoms with Crippen LogP contribution in [-0.2, 0) is 7.81 Å². The summed E-state index contributed by atoms with van der Waals surface area (Å²) in [5.74, 6) is 0. The molecule has 0 aromatic rings. The quantitative estimate of drug-likeness (QED) is 0.444. The average molecular weight is 195 g/mol. The molecule has 36 valence electrons. The fourth-order valence-electron chi connectivity index (χ4n) is 0.131. The second-order valence-electron chi connectivity index (χ2n) is 0.864. The van der Waals surface area contributed by atoms with Gasteiger partial charge >= 0.3 is 51.1 Å². The van der Waals surface area contributed by atoms with Crippen LogP contribution >= 0.6 is 0 Å². The molecule has 0 N–H and O–H groups in total. The first-order chi connectivity index (χ1) is 2.91. The van der Waals surface area contributed by atoms with Gasteiger partial charge in [0.2, 0.25) is 0 Å². The first-order valence-corrected chi connectivity index (χ1v) is 3.07. The van der Waals surface area contributed by atoms with E-state index in [1.807, 2.05) is 0 Å². The van der Waals surface area contributed by atoms with Crippen molar-refractivity contribution in [3.8, 4) is 0 Å². The van der Waals surface area contributed by atoms with Gasteiger partial charge in [-0.1, -0.05) is 0 Å². The summed E-state index contributed by atoms with van der Waals surface area (Å²) in [6, 6.07) is 0. The Bertz CT molecular complexity index is 20.8. The van der Waals surface area contributed by atoms with Crippen LogP contribution in [0.5, 0.6) is 0 Å². The molecule has 0 rings (SSSR count). The molecule has 0 aliphatic carbocycles. The van der Waals surface area contributed by atoms with Crippen molar-refractivity contribution in [3.05, 3.63) is 0 Å². The third-order valence-corrected chi connectivity index (χ3v) is 1.08. The summed E-state index contributed by atoms with van der Waals surface area (Å²) in [6.45, 7) is 1.47. The Labute approximate surface area is 51.5 Å². The van der Waals surface area contributed by atoms with E-state index in [-0.39, 0.29) is 0 Å². The van der Waals surface area contributed by atoms with Crippen LogP contribution in [0.4, 0.5) is 0 Å². The second-order valence-corrected chi connectivity index (χ2v) is 1.81. The first kappa shape index (κ1) is 6.72. The maximum absolute atomic E-state index is 4.79. The summed E-state index contributed by atoms with van der Waals surface area (Å²) in [7, 11) is 1.67. The summed E-state index contributed by atoms with van der Waals surface area (Å²) in [4.78, 5) is 0. The molecule has 0 saturated heterocycles. The minimum absolute atomic E-state index is 0.723. The van der Waals surface area contributed by atoms with Crippen LogP contribution in [0.2, 0.25) is 0 Å². The number of hydrogen-bond donors (Lipinski definition) is 0. The zero-order valence-corrected chi connectivity index (χ0v) is 7.10. The summed E-state index contributed by atoms with van der Waals surface area (Å²) in [5.41, 5.74) is 0. The topological polar surface area (TPSA) is 18.5 Å². The van der Waals surface area contributed by atoms with E-state index in [9.17, 15) is 0 Å². The molecule has 6 heavy (non-hydrogen) atoms. The average Bonchev–Trinajstić information content (AvgIpc) is 1.61. The van der Waals surface area contributed by atoms with E-state index in [4.69, 9.17) is 3.07 Å². The molecule has 3 heteroatoms. The van der Waals surface area contributed by atoms with Crippen LogP contribution in [0, 0.1) is 0 Å². The molecular weight excluding hydrogens is 187 g/mol. The van der Waals surface area contributed by atoms with E-state index < -0.39 is 0 Å². The zero-order valence-electron chi connectivity index (χ0n) is 3.81. The Balaban J connectivity index is 2.34. The zero-order chi connectivity index (χ0) is 4.83. The van der Waals surface area contributed by atoms with Gasteiger partial charge in [0.25, 0.3) is 0 Å². The van der Waals surface area contributed by atoms with Gasteiger partial charge in [-0.2, -0.15) is 0 Å². The van der Waals surface area contributed by atoms with Crippen molar-refractivity contribution in [1.29, 1.82) is 0 Å². The van der Waals surface area contributed by atoms with Crippen LogP contribution in [-0.4, -0.2) is 43.3 Å². The van der Waals surface area contributed by atoms with Gasteiger partial charge in [-0.25, -0.2) is 0 Å². The number of rotatable bonds is 3. The Kier molecular flexibility index (Phi) is 6.40. The Morgan fingerprint density at radius 2 is 2.17 bits per heavy atom. The van der Waals surface area contributed by atoms with E-state index in [0.29, 0.717) is 0 Å². The van der Waals surface area contributed by atoms with E-state index in [1.165, 1.54) is 0 Å². The Morgan fingerprint density at radius 3 is 2.33 bits per heavy atom. The summed E-state index contributed by atoms with van der Waals surface area (Å²) in [6.07, 6.45) is 0. The van der Waals surface area contributed by atoms with Gasteiger partial charge in [0.1, 0.15) is 0 Å². The van der Waals surface area contributed by atoms with Gasteiger partial charge in [0, 0.05) is 0 Å². The van der Waals surface area contributed by atoms with E-state index in [1.54, 1.807) is 7.11 Å². The van der Waals surface area contributed by atoms with Crippen molar-refractivity contribution in [3.63, 3.8) is 0 Å². The normalized spacial score (nSPS) is 9.00. The molecule has 0 saturated carbocycles. The third kappa shape index (κ3) is 4.72. The van der Waals surface area contributed by atoms with Gasteiger partial charge in [-0.15, -0.1) is 0 Å². The molecule has 0 unspecified atom stereocenters. The fraction of sp³-hybridized carbons (Fsp3) is 1.00. The number of hydrogen-bond acceptors (Lipinski definition) is 2. The summed E-state index contributed by atoms with van der Waals surface area (Å²) < 4.78 is 9.47. The van der Waals surface area contributed by atoms with Crippen molar-refractivity contribution in [1.82, 2.24) is 0 Å². The Hall–Kier alpha value is 0.719. The molecule has 2 radical (unpaired) electrons. The van der Waals surface area contributed by atoms with E-state index >= 15 is 0 Å². The van der Waals surface area contributed by atoms with Crippen LogP contribution in [0.15, 0.2) is 0 Å². The van der Waals surface area contributed by atoms with E-state index in [0.717, 1.165) is 36.2 Å². The van der Waals surface area contributed by atoms with Crippen molar-refractivity contribution < 1.29 is 7.81 Å². The van der Waals surface area contributed by atoms with Crippen molar-refractivity contribution in [2.45, 2.75) is 0 Å². The van der Waals surface area contributed by atoms with Gasteiger partial charge in [-0.3, -0.25) is 0 Å². The SMILES string of the molecule is COCC[O][SnH]. The molecule has 2 nitrogen and oxygen atoms in total. The molecular formula is C3H8O2Sn. The molecule has 0 aromatic carbocycles. The minimum atomic E-state index is 0.723. The van der Waals surface area contributed by atoms with Crippen LogP contribution in [0.3, 0.4) is 0 Å². The van der Waals surface area contributed by atoms with Crippen LogP contribution < -0.4 is 0 Å². The molecule has 0 aliphatic heterocycles. The molecule has 0 amide bonds. The predicted octanol–water partition coefficient (Wildman–Crippen LogP) is -0.535. The van der Waals surface area contributed by atoms with Gasteiger partial charge in [0.15, 0.2) is 0 Å². The second kappa shape index (κ2) is 5.72. The molecule has 0 bridgehead atoms. The first-order valence-electron chi connectivity index (χ1n) is 1.72. The standard InChI is InChI=1S/C3H7O2.Sn.H/c1-5-3-2-4;;/h2-3H2,1H3;;/q-1;+1;. The molecule has 0 fully saturated rings. The van der Waals surface area contributed by atoms with Crippen molar-refractivity contribution in [2.24, 2.45) is 0 Å². The van der Waals surface area contributed by atoms with Crippen LogP contribution in [0.25, 0.3) is 0 Å². The van der Waals surface area contributed by atoms with Crippen molar-refractivity contribution >= 4 is 22.9 Å². The van der Waals surface area contributed by atoms with Gasteiger partial charge in [0.05, 0.1) is 0 Å². The van der Waals surface area contributed by atoms with E-state index in [2.05, 4.69) is 4.74 Å². The molecule has 0 spiro atoms. The summed E-state index contributed by atoms with van der Waals surface area (Å²) >= 11 is 0.876. The predicted molar refractivity (Wildman–Crippen MR) is 25.0 cm³/mol. The Morgan fingerprint density at radius 1 is 1.50 bits per heavy atom. The molecule has 0 heterocycles. The summed E-state index contributed by atoms with van der Waals surface area (Å²) in [5, 5.41) is 0. The van der Waals surface area contributed by atoms with Crippen LogP contribution in [0.1, 0.15) is 0 Å². The fourth-order valence-corrected chi connectivity index (χ4v) is 0.406. The third-order valence-electron chi connectivity index (χ3n) is 0.405. The van der Waals surface area contributed by atoms with Gasteiger partial charge in [-0.05, 0) is 0 Å². The molecule has 0 atom stereocenters. The maximum atomic E-state index is 4.79. The van der Waals surface area contributed by atoms with Crippen molar-refractivity contribution in [2.75, 3.05) is 20.3 Å². The van der Waals surface area contributed by atoms with Gasteiger partial charge < -0.3 is 0 Å².